The maximum atomic E-state index is 13.1. The average Bonchev–Trinajstić information content (AvgIpc) is 2.48. The van der Waals surface area contributed by atoms with E-state index >= 15 is 0 Å². The molecule has 0 N–H and O–H groups in total. The van der Waals surface area contributed by atoms with Gasteiger partial charge in [-0.1, -0.05) is 25.4 Å². The van der Waals surface area contributed by atoms with Gasteiger partial charge in [-0.05, 0) is 12.1 Å². The van der Waals surface area contributed by atoms with Gasteiger partial charge in [0.25, 0.3) is 0 Å². The van der Waals surface area contributed by atoms with Gasteiger partial charge in [-0.2, -0.15) is 0 Å². The number of thiazole rings is 1. The molecule has 0 atom stereocenters. The lowest BCUT2D eigenvalue weighted by Gasteiger charge is -1.94. The Morgan fingerprint density at radius 3 is 2.79 bits per heavy atom. The number of aromatic nitrogens is 1. The van der Waals surface area contributed by atoms with Crippen LogP contribution in [0.1, 0.15) is 24.8 Å². The monoisotopic (exact) mass is 229 g/mol. The molecule has 1 aromatic carbocycles. The van der Waals surface area contributed by atoms with Crippen molar-refractivity contribution in [1.29, 1.82) is 0 Å². The highest BCUT2D eigenvalue weighted by molar-refractivity contribution is 7.18. The molecule has 2 aromatic rings. The van der Waals surface area contributed by atoms with E-state index in [0.717, 1.165) is 15.2 Å². The molecule has 74 valence electrons. The molecule has 0 aliphatic heterocycles. The standard InChI is InChI=1S/C10H9ClFNS/c1-5(2)10-13-8-3-6(11)7(12)4-9(8)14-10/h3-5H,1-2H3. The third-order valence-electron chi connectivity index (χ3n) is 1.94. The van der Waals surface area contributed by atoms with E-state index in [4.69, 9.17) is 11.6 Å². The summed E-state index contributed by atoms with van der Waals surface area (Å²) in [5.41, 5.74) is 0.783. The highest BCUT2D eigenvalue weighted by atomic mass is 35.5. The van der Waals surface area contributed by atoms with Crippen LogP contribution in [0, 0.1) is 5.82 Å². The van der Waals surface area contributed by atoms with Gasteiger partial charge in [-0.15, -0.1) is 11.3 Å². The zero-order chi connectivity index (χ0) is 10.3. The van der Waals surface area contributed by atoms with Crippen molar-refractivity contribution in [2.75, 3.05) is 0 Å². The third-order valence-corrected chi connectivity index (χ3v) is 3.55. The summed E-state index contributed by atoms with van der Waals surface area (Å²) in [6, 6.07) is 3.02. The second-order valence-electron chi connectivity index (χ2n) is 3.44. The minimum absolute atomic E-state index is 0.137. The van der Waals surface area contributed by atoms with Crippen molar-refractivity contribution in [2.45, 2.75) is 19.8 Å². The summed E-state index contributed by atoms with van der Waals surface area (Å²) in [6.45, 7) is 4.13. The first-order valence-corrected chi connectivity index (χ1v) is 5.53. The number of nitrogens with zero attached hydrogens (tertiary/aromatic N) is 1. The first kappa shape index (κ1) is 9.87. The molecule has 0 amide bonds. The maximum absolute atomic E-state index is 13.1. The molecule has 0 aliphatic carbocycles. The fourth-order valence-corrected chi connectivity index (χ4v) is 2.32. The molecule has 1 nitrogen and oxygen atoms in total. The van der Waals surface area contributed by atoms with Crippen molar-refractivity contribution < 1.29 is 4.39 Å². The van der Waals surface area contributed by atoms with Crippen LogP contribution in [0.25, 0.3) is 10.2 Å². The zero-order valence-corrected chi connectivity index (χ0v) is 9.42. The van der Waals surface area contributed by atoms with Crippen LogP contribution < -0.4 is 0 Å². The molecule has 0 aliphatic rings. The van der Waals surface area contributed by atoms with E-state index in [9.17, 15) is 4.39 Å². The van der Waals surface area contributed by atoms with Crippen LogP contribution in [0.4, 0.5) is 4.39 Å². The number of hydrogen-bond donors (Lipinski definition) is 0. The topological polar surface area (TPSA) is 12.9 Å². The Hall–Kier alpha value is -0.670. The number of halogens is 2. The number of fused-ring (bicyclic) bond motifs is 1. The molecule has 0 spiro atoms. The van der Waals surface area contributed by atoms with Crippen LogP contribution in [0.2, 0.25) is 5.02 Å². The van der Waals surface area contributed by atoms with Crippen LogP contribution in [0.5, 0.6) is 0 Å². The van der Waals surface area contributed by atoms with Crippen molar-refractivity contribution in [3.05, 3.63) is 28.0 Å². The Labute approximate surface area is 90.5 Å². The minimum Gasteiger partial charge on any atom is -0.241 e. The van der Waals surface area contributed by atoms with Crippen LogP contribution in [-0.2, 0) is 0 Å². The van der Waals surface area contributed by atoms with E-state index in [1.165, 1.54) is 17.4 Å². The summed E-state index contributed by atoms with van der Waals surface area (Å²) in [5.74, 6) is -0.00707. The van der Waals surface area contributed by atoms with Crippen molar-refractivity contribution in [2.24, 2.45) is 0 Å². The average molecular weight is 230 g/mol. The van der Waals surface area contributed by atoms with Gasteiger partial charge in [0.15, 0.2) is 0 Å². The molecule has 0 fully saturated rings. The molecule has 0 saturated heterocycles. The van der Waals surface area contributed by atoms with Gasteiger partial charge in [-0.25, -0.2) is 9.37 Å². The fraction of sp³-hybridized carbons (Fsp3) is 0.300. The van der Waals surface area contributed by atoms with Crippen LogP contribution >= 0.6 is 22.9 Å². The predicted molar refractivity (Wildman–Crippen MR) is 58.7 cm³/mol. The van der Waals surface area contributed by atoms with E-state index in [2.05, 4.69) is 18.8 Å². The normalized spacial score (nSPS) is 11.5. The lowest BCUT2D eigenvalue weighted by Crippen LogP contribution is -1.83. The van der Waals surface area contributed by atoms with Crippen molar-refractivity contribution >= 4 is 33.2 Å². The summed E-state index contributed by atoms with van der Waals surface area (Å²) in [4.78, 5) is 4.38. The Balaban J connectivity index is 2.66. The van der Waals surface area contributed by atoms with Crippen molar-refractivity contribution in [3.63, 3.8) is 0 Å². The molecule has 2 rings (SSSR count). The molecule has 0 saturated carbocycles. The Morgan fingerprint density at radius 2 is 2.14 bits per heavy atom. The summed E-state index contributed by atoms with van der Waals surface area (Å²) in [7, 11) is 0. The Bertz CT molecular complexity index is 439. The molecular formula is C10H9ClFNS. The number of rotatable bonds is 1. The lowest BCUT2D eigenvalue weighted by molar-refractivity contribution is 0.630. The van der Waals surface area contributed by atoms with E-state index in [1.807, 2.05) is 0 Å². The molecular weight excluding hydrogens is 221 g/mol. The second-order valence-corrected chi connectivity index (χ2v) is 4.91. The van der Waals surface area contributed by atoms with E-state index in [-0.39, 0.29) is 10.8 Å². The summed E-state index contributed by atoms with van der Waals surface area (Å²) < 4.78 is 14.0. The van der Waals surface area contributed by atoms with E-state index in [1.54, 1.807) is 6.07 Å². The maximum Gasteiger partial charge on any atom is 0.143 e. The van der Waals surface area contributed by atoms with Gasteiger partial charge in [-0.3, -0.25) is 0 Å². The third kappa shape index (κ3) is 1.62. The van der Waals surface area contributed by atoms with Crippen molar-refractivity contribution in [1.82, 2.24) is 4.98 Å². The van der Waals surface area contributed by atoms with Crippen LogP contribution in [-0.4, -0.2) is 4.98 Å². The smallest absolute Gasteiger partial charge is 0.143 e. The van der Waals surface area contributed by atoms with Crippen LogP contribution in [0.3, 0.4) is 0 Å². The summed E-state index contributed by atoms with van der Waals surface area (Å²) in [6.07, 6.45) is 0. The second kappa shape index (κ2) is 3.48. The molecule has 0 unspecified atom stereocenters. The van der Waals surface area contributed by atoms with Crippen LogP contribution in [0.15, 0.2) is 12.1 Å². The van der Waals surface area contributed by atoms with Gasteiger partial charge in [0, 0.05) is 5.92 Å². The number of hydrogen-bond acceptors (Lipinski definition) is 2. The Kier molecular flexibility index (Phi) is 2.45. The summed E-state index contributed by atoms with van der Waals surface area (Å²) >= 11 is 7.18. The molecule has 0 bridgehead atoms. The van der Waals surface area contributed by atoms with Gasteiger partial charge in [0.2, 0.25) is 0 Å². The SMILES string of the molecule is CC(C)c1nc2cc(Cl)c(F)cc2s1. The quantitative estimate of drug-likeness (QED) is 0.714. The highest BCUT2D eigenvalue weighted by Gasteiger charge is 2.10. The van der Waals surface area contributed by atoms with Gasteiger partial charge >= 0.3 is 0 Å². The van der Waals surface area contributed by atoms with Gasteiger partial charge < -0.3 is 0 Å². The Morgan fingerprint density at radius 1 is 1.43 bits per heavy atom. The van der Waals surface area contributed by atoms with E-state index < -0.39 is 0 Å². The highest BCUT2D eigenvalue weighted by Crippen LogP contribution is 2.30. The molecule has 0 radical (unpaired) electrons. The first-order chi connectivity index (χ1) is 6.58. The molecule has 1 aromatic heterocycles. The van der Waals surface area contributed by atoms with E-state index in [0.29, 0.717) is 5.92 Å². The van der Waals surface area contributed by atoms with Gasteiger partial charge in [0.05, 0.1) is 20.2 Å². The molecule has 1 heterocycles. The molecule has 14 heavy (non-hydrogen) atoms. The zero-order valence-electron chi connectivity index (χ0n) is 7.84. The number of benzene rings is 1. The first-order valence-electron chi connectivity index (χ1n) is 4.33. The fourth-order valence-electron chi connectivity index (χ4n) is 1.19. The minimum atomic E-state index is -0.377. The predicted octanol–water partition coefficient (Wildman–Crippen LogP) is 4.21. The summed E-state index contributed by atoms with van der Waals surface area (Å²) in [5, 5.41) is 1.15. The molecule has 4 heteroatoms. The van der Waals surface area contributed by atoms with Crippen molar-refractivity contribution in [3.8, 4) is 0 Å². The van der Waals surface area contributed by atoms with Gasteiger partial charge in [0.1, 0.15) is 5.82 Å². The lowest BCUT2D eigenvalue weighted by atomic mass is 10.2. The largest absolute Gasteiger partial charge is 0.241 e.